The molecule has 3 rings (SSSR count). The Morgan fingerprint density at radius 1 is 1.17 bits per heavy atom. The summed E-state index contributed by atoms with van der Waals surface area (Å²) in [5, 5.41) is 14.1. The number of aliphatic carboxylic acids is 1. The summed E-state index contributed by atoms with van der Waals surface area (Å²) < 4.78 is 11.2. The van der Waals surface area contributed by atoms with Crippen LogP contribution in [0.1, 0.15) is 56.6 Å². The first kappa shape index (κ1) is 20.9. The number of aryl methyl sites for hydroxylation is 1. The Morgan fingerprint density at radius 2 is 1.93 bits per heavy atom. The fourth-order valence-electron chi connectivity index (χ4n) is 3.68. The highest BCUT2D eigenvalue weighted by Crippen LogP contribution is 2.29. The highest BCUT2D eigenvalue weighted by atomic mass is 16.5. The lowest BCUT2D eigenvalue weighted by Gasteiger charge is -2.18. The number of carbonyl (C=O) groups excluding carboxylic acids is 2. The highest BCUT2D eigenvalue weighted by molar-refractivity contribution is 5.83. The Balaban J connectivity index is 1.57. The molecule has 156 valence electrons. The van der Waals surface area contributed by atoms with Gasteiger partial charge in [-0.15, -0.1) is 0 Å². The second-order valence-corrected chi connectivity index (χ2v) is 7.45. The summed E-state index contributed by atoms with van der Waals surface area (Å²) in [5.74, 6) is -0.840. The number of carbonyl (C=O) groups is 2. The number of rotatable bonds is 9. The van der Waals surface area contributed by atoms with E-state index in [1.807, 2.05) is 6.07 Å². The molecule has 1 aliphatic rings. The third-order valence-electron chi connectivity index (χ3n) is 5.23. The SMILES string of the molecule is C[C@@H](Oc1ccc2c3c(c(=O)oc2c1)CCCC3)C(=O)NCCCCCC(=O)[O-]. The van der Waals surface area contributed by atoms with Gasteiger partial charge >= 0.3 is 5.63 Å². The molecule has 7 heteroatoms. The van der Waals surface area contributed by atoms with E-state index < -0.39 is 12.1 Å². The molecule has 1 aromatic carbocycles. The summed E-state index contributed by atoms with van der Waals surface area (Å²) >= 11 is 0. The molecule has 0 bridgehead atoms. The van der Waals surface area contributed by atoms with Gasteiger partial charge in [0.05, 0.1) is 0 Å². The molecule has 0 spiro atoms. The molecular formula is C22H26NO6-. The summed E-state index contributed by atoms with van der Waals surface area (Å²) in [4.78, 5) is 34.8. The molecule has 0 unspecified atom stereocenters. The highest BCUT2D eigenvalue weighted by Gasteiger charge is 2.19. The van der Waals surface area contributed by atoms with E-state index in [0.29, 0.717) is 37.1 Å². The molecule has 1 heterocycles. The van der Waals surface area contributed by atoms with Crippen molar-refractivity contribution in [3.8, 4) is 5.75 Å². The number of carboxylic acids is 1. The van der Waals surface area contributed by atoms with Crippen LogP contribution >= 0.6 is 0 Å². The smallest absolute Gasteiger partial charge is 0.339 e. The van der Waals surface area contributed by atoms with E-state index in [0.717, 1.165) is 42.2 Å². The molecule has 2 aromatic rings. The number of ether oxygens (including phenoxy) is 1. The van der Waals surface area contributed by atoms with E-state index in [9.17, 15) is 19.5 Å². The minimum Gasteiger partial charge on any atom is -0.550 e. The third-order valence-corrected chi connectivity index (χ3v) is 5.23. The standard InChI is InChI=1S/C22H27NO6/c1-14(21(26)23-12-6-2-3-9-20(24)25)28-15-10-11-17-16-7-4-5-8-18(16)22(27)29-19(17)13-15/h10-11,13-14H,2-9,12H2,1H3,(H,23,26)(H,24,25)/p-1/t14-/m1/s1. The minimum absolute atomic E-state index is 0.0365. The number of amides is 1. The lowest BCUT2D eigenvalue weighted by molar-refractivity contribution is -0.305. The number of hydrogen-bond acceptors (Lipinski definition) is 6. The number of benzene rings is 1. The van der Waals surface area contributed by atoms with Crippen molar-refractivity contribution in [1.29, 1.82) is 0 Å². The van der Waals surface area contributed by atoms with Gasteiger partial charge < -0.3 is 24.4 Å². The second-order valence-electron chi connectivity index (χ2n) is 7.45. The van der Waals surface area contributed by atoms with Crippen LogP contribution in [0, 0.1) is 0 Å². The van der Waals surface area contributed by atoms with Gasteiger partial charge in [-0.2, -0.15) is 0 Å². The molecule has 0 saturated heterocycles. The predicted molar refractivity (Wildman–Crippen MR) is 106 cm³/mol. The first-order valence-electron chi connectivity index (χ1n) is 10.2. The Labute approximate surface area is 169 Å². The lowest BCUT2D eigenvalue weighted by Crippen LogP contribution is -2.36. The van der Waals surface area contributed by atoms with Crippen molar-refractivity contribution >= 4 is 22.8 Å². The molecule has 0 fully saturated rings. The molecule has 0 aliphatic heterocycles. The molecule has 0 saturated carbocycles. The van der Waals surface area contributed by atoms with Gasteiger partial charge in [0, 0.05) is 29.5 Å². The zero-order valence-electron chi connectivity index (χ0n) is 16.6. The van der Waals surface area contributed by atoms with Crippen molar-refractivity contribution in [2.24, 2.45) is 0 Å². The molecule has 1 atom stereocenters. The molecule has 0 radical (unpaired) electrons. The number of nitrogens with one attached hydrogen (secondary N) is 1. The van der Waals surface area contributed by atoms with Crippen LogP contribution in [0.25, 0.3) is 11.0 Å². The van der Waals surface area contributed by atoms with Crippen LogP contribution in [0.5, 0.6) is 5.75 Å². The van der Waals surface area contributed by atoms with Crippen LogP contribution in [0.15, 0.2) is 27.4 Å². The van der Waals surface area contributed by atoms with Crippen molar-refractivity contribution in [3.05, 3.63) is 39.7 Å². The fraction of sp³-hybridized carbons (Fsp3) is 0.500. The van der Waals surface area contributed by atoms with E-state index in [1.54, 1.807) is 19.1 Å². The Morgan fingerprint density at radius 3 is 2.69 bits per heavy atom. The summed E-state index contributed by atoms with van der Waals surface area (Å²) in [6, 6.07) is 5.34. The minimum atomic E-state index is -1.05. The quantitative estimate of drug-likeness (QED) is 0.508. The maximum Gasteiger partial charge on any atom is 0.339 e. The van der Waals surface area contributed by atoms with Gasteiger partial charge in [0.15, 0.2) is 6.10 Å². The first-order chi connectivity index (χ1) is 14.0. The van der Waals surface area contributed by atoms with Crippen molar-refractivity contribution in [3.63, 3.8) is 0 Å². The second kappa shape index (κ2) is 9.58. The van der Waals surface area contributed by atoms with Gasteiger partial charge in [0.1, 0.15) is 11.3 Å². The Kier molecular flexibility index (Phi) is 6.90. The van der Waals surface area contributed by atoms with Crippen molar-refractivity contribution < 1.29 is 23.8 Å². The average Bonchev–Trinajstić information content (AvgIpc) is 2.70. The first-order valence-corrected chi connectivity index (χ1v) is 10.2. The maximum absolute atomic E-state index is 12.2. The van der Waals surface area contributed by atoms with Crippen molar-refractivity contribution in [2.45, 2.75) is 64.4 Å². The summed E-state index contributed by atoms with van der Waals surface area (Å²) in [5.41, 5.74) is 2.05. The Hall–Kier alpha value is -2.83. The average molecular weight is 400 g/mol. The predicted octanol–water partition coefficient (Wildman–Crippen LogP) is 1.87. The van der Waals surface area contributed by atoms with E-state index in [1.165, 1.54) is 0 Å². The van der Waals surface area contributed by atoms with Crippen molar-refractivity contribution in [1.82, 2.24) is 5.32 Å². The molecule has 1 amide bonds. The molecule has 7 nitrogen and oxygen atoms in total. The van der Waals surface area contributed by atoms with E-state index in [4.69, 9.17) is 9.15 Å². The van der Waals surface area contributed by atoms with Crippen LogP contribution in [-0.4, -0.2) is 24.5 Å². The summed E-state index contributed by atoms with van der Waals surface area (Å²) in [6.45, 7) is 2.11. The molecule has 1 N–H and O–H groups in total. The van der Waals surface area contributed by atoms with Crippen LogP contribution in [0.4, 0.5) is 0 Å². The zero-order chi connectivity index (χ0) is 20.8. The lowest BCUT2D eigenvalue weighted by atomic mass is 9.91. The van der Waals surface area contributed by atoms with Gasteiger partial charge in [-0.1, -0.05) is 6.42 Å². The normalized spacial score (nSPS) is 14.2. The maximum atomic E-state index is 12.2. The zero-order valence-corrected chi connectivity index (χ0v) is 16.6. The van der Waals surface area contributed by atoms with Crippen LogP contribution in [0.3, 0.4) is 0 Å². The van der Waals surface area contributed by atoms with Gasteiger partial charge in [-0.25, -0.2) is 4.79 Å². The van der Waals surface area contributed by atoms with Crippen LogP contribution < -0.4 is 20.8 Å². The molecule has 1 aromatic heterocycles. The molecular weight excluding hydrogens is 374 g/mol. The topological polar surface area (TPSA) is 109 Å². The Bertz CT molecular complexity index is 948. The summed E-state index contributed by atoms with van der Waals surface area (Å²) in [6.07, 6.45) is 4.97. The van der Waals surface area contributed by atoms with Crippen molar-refractivity contribution in [2.75, 3.05) is 6.54 Å². The molecule has 1 aliphatic carbocycles. The number of unbranched alkanes of at least 4 members (excludes halogenated alkanes) is 2. The van der Waals surface area contributed by atoms with E-state index >= 15 is 0 Å². The van der Waals surface area contributed by atoms with E-state index in [-0.39, 0.29) is 18.0 Å². The summed E-state index contributed by atoms with van der Waals surface area (Å²) in [7, 11) is 0. The number of hydrogen-bond donors (Lipinski definition) is 1. The monoisotopic (exact) mass is 400 g/mol. The third kappa shape index (κ3) is 5.37. The number of fused-ring (bicyclic) bond motifs is 3. The molecule has 29 heavy (non-hydrogen) atoms. The van der Waals surface area contributed by atoms with Gasteiger partial charge in [0.25, 0.3) is 5.91 Å². The van der Waals surface area contributed by atoms with Crippen LogP contribution in [-0.2, 0) is 22.4 Å². The van der Waals surface area contributed by atoms with Gasteiger partial charge in [0.2, 0.25) is 0 Å². The van der Waals surface area contributed by atoms with Gasteiger partial charge in [-0.3, -0.25) is 4.79 Å². The largest absolute Gasteiger partial charge is 0.550 e. The van der Waals surface area contributed by atoms with Crippen LogP contribution in [0.2, 0.25) is 0 Å². The van der Waals surface area contributed by atoms with E-state index in [2.05, 4.69) is 5.32 Å². The number of carboxylic acid groups (broad SMARTS) is 1. The van der Waals surface area contributed by atoms with Gasteiger partial charge in [-0.05, 0) is 69.6 Å². The fourth-order valence-corrected chi connectivity index (χ4v) is 3.68.